The largest absolute Gasteiger partial charge is 0.400 e. The standard InChI is InChI=1S/C30H31F3N8O2S.CH4O3S/c1-18-8-15-44-26(18)27(42)40-13-11-39(12-14-40)24-7-6-22(20(3)35-24)36-28(43)37-25-16-23(29(9-10-29)30(31,32)33)38-41(25)21-5-4-19(2)34-17-21;1-5(2,3)4/h4-8,15-17H,9-14H2,1-3H3,(H2,36,37,43);1H3,(H,2,3,4). The number of carbonyl (C=O) groups excluding carboxylic acids is 2. The molecule has 4 aromatic heterocycles. The van der Waals surface area contributed by atoms with Gasteiger partial charge in [-0.3, -0.25) is 19.6 Å². The first-order valence-corrected chi connectivity index (χ1v) is 17.8. The molecule has 0 aromatic carbocycles. The van der Waals surface area contributed by atoms with E-state index >= 15 is 0 Å². The Labute approximate surface area is 284 Å². The molecule has 0 bridgehead atoms. The number of urea groups is 1. The summed E-state index contributed by atoms with van der Waals surface area (Å²) in [6.07, 6.45) is -2.35. The molecule has 6 rings (SSSR count). The summed E-state index contributed by atoms with van der Waals surface area (Å²) < 4.78 is 68.8. The lowest BCUT2D eigenvalue weighted by Crippen LogP contribution is -2.49. The summed E-state index contributed by atoms with van der Waals surface area (Å²) in [4.78, 5) is 39.5. The van der Waals surface area contributed by atoms with E-state index in [1.807, 2.05) is 23.3 Å². The van der Waals surface area contributed by atoms with Crippen LogP contribution in [0.2, 0.25) is 0 Å². The average molecular weight is 721 g/mol. The number of piperazine rings is 1. The van der Waals surface area contributed by atoms with Crippen molar-refractivity contribution in [3.05, 3.63) is 75.5 Å². The molecule has 0 atom stereocenters. The van der Waals surface area contributed by atoms with Crippen molar-refractivity contribution in [2.75, 3.05) is 48.0 Å². The van der Waals surface area contributed by atoms with Crippen LogP contribution in [0.5, 0.6) is 0 Å². The molecule has 0 spiro atoms. The number of anilines is 3. The van der Waals surface area contributed by atoms with Gasteiger partial charge in [0.05, 0.1) is 40.1 Å². The number of nitrogens with zero attached hydrogens (tertiary/aromatic N) is 6. The van der Waals surface area contributed by atoms with E-state index in [2.05, 4.69) is 30.6 Å². The van der Waals surface area contributed by atoms with E-state index in [0.717, 1.165) is 22.0 Å². The molecule has 18 heteroatoms. The predicted octanol–water partition coefficient (Wildman–Crippen LogP) is 5.35. The SMILES string of the molecule is CS(=O)(=O)O.Cc1ccc(-n2nc(C3(C(F)(F)F)CC3)cc2NC(=O)Nc2ccc(N3CCN(C(=O)c4sccc4C)CC3)nc2C)cn1. The van der Waals surface area contributed by atoms with Crippen molar-refractivity contribution in [3.63, 3.8) is 0 Å². The van der Waals surface area contributed by atoms with Crippen LogP contribution in [0.3, 0.4) is 0 Å². The minimum absolute atomic E-state index is 0.0460. The fourth-order valence-corrected chi connectivity index (χ4v) is 6.19. The Morgan fingerprint density at radius 3 is 2.20 bits per heavy atom. The summed E-state index contributed by atoms with van der Waals surface area (Å²) in [7, 11) is -3.67. The zero-order valence-corrected chi connectivity index (χ0v) is 28.7. The molecule has 2 aliphatic rings. The number of amides is 3. The van der Waals surface area contributed by atoms with Crippen molar-refractivity contribution in [2.45, 2.75) is 45.2 Å². The third kappa shape index (κ3) is 8.37. The van der Waals surface area contributed by atoms with E-state index in [1.54, 1.807) is 38.1 Å². The Bertz CT molecular complexity index is 1940. The molecule has 0 unspecified atom stereocenters. The van der Waals surface area contributed by atoms with E-state index in [9.17, 15) is 31.2 Å². The van der Waals surface area contributed by atoms with Crippen LogP contribution >= 0.6 is 11.3 Å². The summed E-state index contributed by atoms with van der Waals surface area (Å²) in [6, 6.07) is 9.50. The van der Waals surface area contributed by atoms with Gasteiger partial charge in [0, 0.05) is 37.9 Å². The third-order valence-corrected chi connectivity index (χ3v) is 9.15. The van der Waals surface area contributed by atoms with Crippen LogP contribution in [-0.2, 0) is 15.5 Å². The Morgan fingerprint density at radius 1 is 1.00 bits per heavy atom. The van der Waals surface area contributed by atoms with Crippen molar-refractivity contribution in [2.24, 2.45) is 0 Å². The maximum atomic E-state index is 13.9. The van der Waals surface area contributed by atoms with Crippen LogP contribution in [0.25, 0.3) is 5.69 Å². The highest BCUT2D eigenvalue weighted by molar-refractivity contribution is 7.85. The van der Waals surface area contributed by atoms with Crippen molar-refractivity contribution >= 4 is 50.7 Å². The smallest absolute Gasteiger partial charge is 0.353 e. The number of alkyl halides is 3. The molecule has 0 radical (unpaired) electrons. The fraction of sp³-hybridized carbons (Fsp3) is 0.387. The minimum atomic E-state index is -4.45. The number of nitrogens with one attached hydrogen (secondary N) is 2. The van der Waals surface area contributed by atoms with Crippen LogP contribution in [0.4, 0.5) is 35.3 Å². The van der Waals surface area contributed by atoms with Gasteiger partial charge in [0.25, 0.3) is 16.0 Å². The molecule has 1 saturated heterocycles. The van der Waals surface area contributed by atoms with Gasteiger partial charge < -0.3 is 15.1 Å². The summed E-state index contributed by atoms with van der Waals surface area (Å²) in [5.41, 5.74) is 0.998. The van der Waals surface area contributed by atoms with Gasteiger partial charge in [-0.05, 0) is 74.9 Å². The van der Waals surface area contributed by atoms with Crippen LogP contribution in [0, 0.1) is 20.8 Å². The number of halogens is 3. The Kier molecular flexibility index (Phi) is 10.0. The molecule has 5 heterocycles. The van der Waals surface area contributed by atoms with E-state index < -0.39 is 27.7 Å². The number of hydrogen-bond donors (Lipinski definition) is 3. The lowest BCUT2D eigenvalue weighted by molar-refractivity contribution is -0.161. The lowest BCUT2D eigenvalue weighted by Gasteiger charge is -2.35. The molecular formula is C31H35F3N8O5S2. The van der Waals surface area contributed by atoms with Crippen molar-refractivity contribution in [3.8, 4) is 5.69 Å². The monoisotopic (exact) mass is 720 g/mol. The van der Waals surface area contributed by atoms with Crippen LogP contribution < -0.4 is 15.5 Å². The van der Waals surface area contributed by atoms with Gasteiger partial charge in [0.15, 0.2) is 0 Å². The van der Waals surface area contributed by atoms with Gasteiger partial charge in [0.1, 0.15) is 17.1 Å². The number of pyridine rings is 2. The zero-order valence-electron chi connectivity index (χ0n) is 27.1. The first-order valence-electron chi connectivity index (χ1n) is 15.1. The van der Waals surface area contributed by atoms with E-state index in [1.165, 1.54) is 28.3 Å². The maximum Gasteiger partial charge on any atom is 0.400 e. The Hall–Kier alpha value is -4.55. The minimum Gasteiger partial charge on any atom is -0.353 e. The second-order valence-electron chi connectivity index (χ2n) is 11.9. The predicted molar refractivity (Wildman–Crippen MR) is 179 cm³/mol. The van der Waals surface area contributed by atoms with Gasteiger partial charge >= 0.3 is 12.2 Å². The number of rotatable bonds is 6. The fourth-order valence-electron chi connectivity index (χ4n) is 5.30. The van der Waals surface area contributed by atoms with Crippen LogP contribution in [0.15, 0.2) is 48.0 Å². The number of carbonyl (C=O) groups is 2. The van der Waals surface area contributed by atoms with E-state index in [-0.39, 0.29) is 30.3 Å². The number of hydrogen-bond acceptors (Lipinski definition) is 9. The molecule has 1 saturated carbocycles. The van der Waals surface area contributed by atoms with E-state index in [0.29, 0.717) is 49.5 Å². The van der Waals surface area contributed by atoms with Crippen molar-refractivity contribution < 1.29 is 35.7 Å². The molecule has 262 valence electrons. The van der Waals surface area contributed by atoms with Crippen molar-refractivity contribution in [1.29, 1.82) is 0 Å². The molecule has 2 fully saturated rings. The number of thiophene rings is 1. The van der Waals surface area contributed by atoms with Gasteiger partial charge in [0.2, 0.25) is 0 Å². The highest BCUT2D eigenvalue weighted by Crippen LogP contribution is 2.58. The summed E-state index contributed by atoms with van der Waals surface area (Å²) >= 11 is 1.45. The van der Waals surface area contributed by atoms with Crippen molar-refractivity contribution in [1.82, 2.24) is 24.6 Å². The second kappa shape index (κ2) is 13.8. The molecule has 49 heavy (non-hydrogen) atoms. The highest BCUT2D eigenvalue weighted by atomic mass is 32.2. The normalized spacial score (nSPS) is 15.7. The first-order chi connectivity index (χ1) is 22.9. The van der Waals surface area contributed by atoms with Gasteiger partial charge in [-0.25, -0.2) is 14.5 Å². The van der Waals surface area contributed by atoms with Gasteiger partial charge in [-0.2, -0.15) is 26.7 Å². The topological polar surface area (TPSA) is 163 Å². The Balaban J connectivity index is 0.000000874. The summed E-state index contributed by atoms with van der Waals surface area (Å²) in [5.74, 6) is 0.861. The zero-order chi connectivity index (χ0) is 35.7. The van der Waals surface area contributed by atoms with E-state index in [4.69, 9.17) is 4.55 Å². The molecule has 3 N–H and O–H groups in total. The average Bonchev–Trinajstić information content (AvgIpc) is 3.59. The molecule has 1 aliphatic carbocycles. The molecular weight excluding hydrogens is 686 g/mol. The van der Waals surface area contributed by atoms with Crippen LogP contribution in [-0.4, -0.2) is 88.2 Å². The van der Waals surface area contributed by atoms with Gasteiger partial charge in [-0.1, -0.05) is 0 Å². The number of aryl methyl sites for hydroxylation is 3. The summed E-state index contributed by atoms with van der Waals surface area (Å²) in [6.45, 7) is 7.88. The maximum absolute atomic E-state index is 13.9. The first kappa shape index (κ1) is 35.7. The third-order valence-electron chi connectivity index (χ3n) is 8.14. The molecule has 4 aromatic rings. The molecule has 3 amide bonds. The number of aromatic nitrogens is 4. The molecule has 1 aliphatic heterocycles. The van der Waals surface area contributed by atoms with Crippen LogP contribution in [0.1, 0.15) is 45.2 Å². The highest BCUT2D eigenvalue weighted by Gasteiger charge is 2.66. The quantitative estimate of drug-likeness (QED) is 0.223. The Morgan fingerprint density at radius 2 is 1.67 bits per heavy atom. The second-order valence-corrected chi connectivity index (χ2v) is 14.3. The summed E-state index contributed by atoms with van der Waals surface area (Å²) in [5, 5.41) is 11.6. The lowest BCUT2D eigenvalue weighted by atomic mass is 10.0. The van der Waals surface area contributed by atoms with Gasteiger partial charge in [-0.15, -0.1) is 11.3 Å². The molecule has 13 nitrogen and oxygen atoms in total.